The Kier molecular flexibility index (Phi) is 5.66. The second kappa shape index (κ2) is 7.04. The third-order valence-corrected chi connectivity index (χ3v) is 2.35. The van der Waals surface area contributed by atoms with Gasteiger partial charge in [-0.3, -0.25) is 0 Å². The van der Waals surface area contributed by atoms with E-state index in [0.29, 0.717) is 18.9 Å². The summed E-state index contributed by atoms with van der Waals surface area (Å²) >= 11 is 0. The minimum atomic E-state index is 0. The van der Waals surface area contributed by atoms with Gasteiger partial charge in [-0.15, -0.1) is 12.4 Å². The maximum Gasteiger partial charge on any atom is 0.227 e. The average Bonchev–Trinajstić information content (AvgIpc) is 2.76. The summed E-state index contributed by atoms with van der Waals surface area (Å²) in [7, 11) is 0. The van der Waals surface area contributed by atoms with Gasteiger partial charge in [0, 0.05) is 19.4 Å². The molecular formula is C12H16ClN3O. The first-order valence-corrected chi connectivity index (χ1v) is 5.44. The van der Waals surface area contributed by atoms with E-state index in [2.05, 4.69) is 22.3 Å². The standard InChI is InChI=1S/C12H15N3O.ClH/c13-9-8-12-14-11(15-16-12)7-6-10-4-2-1-3-5-10;/h1-5H,6-9,13H2;1H. The van der Waals surface area contributed by atoms with Gasteiger partial charge >= 0.3 is 0 Å². The largest absolute Gasteiger partial charge is 0.339 e. The van der Waals surface area contributed by atoms with Crippen molar-refractivity contribution >= 4 is 12.4 Å². The van der Waals surface area contributed by atoms with Crippen molar-refractivity contribution in [1.82, 2.24) is 10.1 Å². The Morgan fingerprint density at radius 3 is 2.53 bits per heavy atom. The Bertz CT molecular complexity index is 430. The van der Waals surface area contributed by atoms with Crippen LogP contribution in [0.3, 0.4) is 0 Å². The number of hydrogen-bond acceptors (Lipinski definition) is 4. The highest BCUT2D eigenvalue weighted by atomic mass is 35.5. The molecule has 1 aromatic heterocycles. The van der Waals surface area contributed by atoms with Crippen LogP contribution in [-0.4, -0.2) is 16.7 Å². The molecule has 0 saturated carbocycles. The SMILES string of the molecule is Cl.NCCc1nc(CCc2ccccc2)no1. The van der Waals surface area contributed by atoms with Gasteiger partial charge in [-0.05, 0) is 12.0 Å². The van der Waals surface area contributed by atoms with E-state index < -0.39 is 0 Å². The zero-order chi connectivity index (χ0) is 11.2. The summed E-state index contributed by atoms with van der Waals surface area (Å²) < 4.78 is 5.05. The molecule has 0 saturated heterocycles. The zero-order valence-electron chi connectivity index (χ0n) is 9.50. The number of aryl methyl sites for hydroxylation is 2. The molecule has 17 heavy (non-hydrogen) atoms. The third kappa shape index (κ3) is 4.17. The van der Waals surface area contributed by atoms with Gasteiger partial charge in [-0.1, -0.05) is 35.5 Å². The van der Waals surface area contributed by atoms with Crippen molar-refractivity contribution in [3.63, 3.8) is 0 Å². The quantitative estimate of drug-likeness (QED) is 0.882. The maximum atomic E-state index is 5.41. The average molecular weight is 254 g/mol. The molecule has 0 radical (unpaired) electrons. The summed E-state index contributed by atoms with van der Waals surface area (Å²) in [6.07, 6.45) is 2.39. The van der Waals surface area contributed by atoms with Crippen LogP contribution in [0.5, 0.6) is 0 Å². The van der Waals surface area contributed by atoms with Crippen molar-refractivity contribution in [1.29, 1.82) is 0 Å². The van der Waals surface area contributed by atoms with Gasteiger partial charge in [0.05, 0.1) is 0 Å². The van der Waals surface area contributed by atoms with Crippen LogP contribution in [0, 0.1) is 0 Å². The van der Waals surface area contributed by atoms with E-state index in [4.69, 9.17) is 10.3 Å². The lowest BCUT2D eigenvalue weighted by Gasteiger charge is -1.96. The highest BCUT2D eigenvalue weighted by Gasteiger charge is 2.05. The molecule has 0 aliphatic heterocycles. The van der Waals surface area contributed by atoms with E-state index in [9.17, 15) is 0 Å². The lowest BCUT2D eigenvalue weighted by molar-refractivity contribution is 0.374. The molecule has 0 bridgehead atoms. The van der Waals surface area contributed by atoms with Crippen LogP contribution in [-0.2, 0) is 19.3 Å². The number of hydrogen-bond donors (Lipinski definition) is 1. The van der Waals surface area contributed by atoms with Gasteiger partial charge in [0.1, 0.15) is 0 Å². The molecule has 2 N–H and O–H groups in total. The van der Waals surface area contributed by atoms with E-state index in [1.54, 1.807) is 0 Å². The summed E-state index contributed by atoms with van der Waals surface area (Å²) in [4.78, 5) is 4.26. The zero-order valence-corrected chi connectivity index (χ0v) is 10.3. The van der Waals surface area contributed by atoms with Crippen LogP contribution in [0.2, 0.25) is 0 Å². The van der Waals surface area contributed by atoms with Gasteiger partial charge < -0.3 is 10.3 Å². The van der Waals surface area contributed by atoms with E-state index in [0.717, 1.165) is 18.7 Å². The van der Waals surface area contributed by atoms with Gasteiger partial charge in [0.25, 0.3) is 0 Å². The molecule has 0 amide bonds. The second-order valence-corrected chi connectivity index (χ2v) is 3.63. The number of halogens is 1. The molecule has 1 heterocycles. The van der Waals surface area contributed by atoms with Crippen LogP contribution in [0.25, 0.3) is 0 Å². The molecule has 0 atom stereocenters. The molecule has 92 valence electrons. The van der Waals surface area contributed by atoms with Gasteiger partial charge in [0.15, 0.2) is 5.82 Å². The molecule has 0 spiro atoms. The van der Waals surface area contributed by atoms with E-state index in [1.807, 2.05) is 18.2 Å². The summed E-state index contributed by atoms with van der Waals surface area (Å²) in [5.41, 5.74) is 6.69. The van der Waals surface area contributed by atoms with E-state index in [-0.39, 0.29) is 12.4 Å². The Labute approximate surface area is 107 Å². The summed E-state index contributed by atoms with van der Waals surface area (Å²) in [5.74, 6) is 1.39. The van der Waals surface area contributed by atoms with Crippen molar-refractivity contribution in [2.75, 3.05) is 6.54 Å². The molecule has 0 unspecified atom stereocenters. The van der Waals surface area contributed by atoms with Crippen molar-refractivity contribution in [2.45, 2.75) is 19.3 Å². The Morgan fingerprint density at radius 1 is 1.06 bits per heavy atom. The fourth-order valence-electron chi connectivity index (χ4n) is 1.52. The second-order valence-electron chi connectivity index (χ2n) is 3.63. The predicted molar refractivity (Wildman–Crippen MR) is 68.2 cm³/mol. The molecule has 5 heteroatoms. The first kappa shape index (κ1) is 13.7. The van der Waals surface area contributed by atoms with E-state index >= 15 is 0 Å². The topological polar surface area (TPSA) is 64.9 Å². The normalized spacial score (nSPS) is 9.94. The minimum Gasteiger partial charge on any atom is -0.339 e. The minimum absolute atomic E-state index is 0. The van der Waals surface area contributed by atoms with Crippen molar-refractivity contribution in [3.8, 4) is 0 Å². The number of aromatic nitrogens is 2. The van der Waals surface area contributed by atoms with Crippen LogP contribution in [0.1, 0.15) is 17.3 Å². The first-order chi connectivity index (χ1) is 7.88. The number of nitrogens with two attached hydrogens (primary N) is 1. The molecule has 4 nitrogen and oxygen atoms in total. The Hall–Kier alpha value is -1.39. The molecule has 1 aromatic carbocycles. The lowest BCUT2D eigenvalue weighted by Crippen LogP contribution is -2.03. The highest BCUT2D eigenvalue weighted by Crippen LogP contribution is 2.05. The summed E-state index contributed by atoms with van der Waals surface area (Å²) in [6, 6.07) is 10.3. The molecular weight excluding hydrogens is 238 g/mol. The fourth-order valence-corrected chi connectivity index (χ4v) is 1.52. The Balaban J connectivity index is 0.00000144. The highest BCUT2D eigenvalue weighted by molar-refractivity contribution is 5.85. The fraction of sp³-hybridized carbons (Fsp3) is 0.333. The van der Waals surface area contributed by atoms with Gasteiger partial charge in [-0.25, -0.2) is 0 Å². The van der Waals surface area contributed by atoms with Crippen molar-refractivity contribution < 1.29 is 4.52 Å². The van der Waals surface area contributed by atoms with Crippen LogP contribution in [0.15, 0.2) is 34.9 Å². The molecule has 0 aliphatic carbocycles. The summed E-state index contributed by atoms with van der Waals surface area (Å²) in [6.45, 7) is 0.542. The molecule has 2 rings (SSSR count). The predicted octanol–water partition coefficient (Wildman–Crippen LogP) is 1.78. The van der Waals surface area contributed by atoms with Gasteiger partial charge in [0.2, 0.25) is 5.89 Å². The van der Waals surface area contributed by atoms with Crippen LogP contribution in [0.4, 0.5) is 0 Å². The Morgan fingerprint density at radius 2 is 1.82 bits per heavy atom. The van der Waals surface area contributed by atoms with Crippen molar-refractivity contribution in [2.24, 2.45) is 5.73 Å². The summed E-state index contributed by atoms with van der Waals surface area (Å²) in [5, 5.41) is 3.91. The monoisotopic (exact) mass is 253 g/mol. The van der Waals surface area contributed by atoms with Crippen molar-refractivity contribution in [3.05, 3.63) is 47.6 Å². The first-order valence-electron chi connectivity index (χ1n) is 5.44. The number of benzene rings is 1. The smallest absolute Gasteiger partial charge is 0.227 e. The number of nitrogens with zero attached hydrogens (tertiary/aromatic N) is 2. The molecule has 0 fully saturated rings. The van der Waals surface area contributed by atoms with Crippen LogP contribution < -0.4 is 5.73 Å². The molecule has 2 aromatic rings. The number of rotatable bonds is 5. The lowest BCUT2D eigenvalue weighted by atomic mass is 10.1. The van der Waals surface area contributed by atoms with Crippen LogP contribution >= 0.6 is 12.4 Å². The van der Waals surface area contributed by atoms with Gasteiger partial charge in [-0.2, -0.15) is 4.98 Å². The maximum absolute atomic E-state index is 5.41. The third-order valence-electron chi connectivity index (χ3n) is 2.35. The van der Waals surface area contributed by atoms with E-state index in [1.165, 1.54) is 5.56 Å². The molecule has 0 aliphatic rings.